The third-order valence-corrected chi connectivity index (χ3v) is 4.83. The van der Waals surface area contributed by atoms with Gasteiger partial charge in [0.15, 0.2) is 0 Å². The fraction of sp³-hybridized carbons (Fsp3) is 0.389. The molecule has 2 aromatic rings. The van der Waals surface area contributed by atoms with E-state index in [0.717, 1.165) is 11.0 Å². The molecular formula is C18H22BN3O3. The summed E-state index contributed by atoms with van der Waals surface area (Å²) in [6.45, 7) is 10.1. The lowest BCUT2D eigenvalue weighted by molar-refractivity contribution is 0.00578. The van der Waals surface area contributed by atoms with E-state index < -0.39 is 7.12 Å². The van der Waals surface area contributed by atoms with Crippen LogP contribution in [0, 0.1) is 6.92 Å². The number of nitrogens with one attached hydrogen (secondary N) is 1. The Morgan fingerprint density at radius 3 is 2.36 bits per heavy atom. The molecule has 1 saturated heterocycles. The highest BCUT2D eigenvalue weighted by Crippen LogP contribution is 2.36. The van der Waals surface area contributed by atoms with Crippen molar-refractivity contribution >= 4 is 24.2 Å². The van der Waals surface area contributed by atoms with Crippen LogP contribution in [-0.2, 0) is 9.31 Å². The summed E-state index contributed by atoms with van der Waals surface area (Å²) in [6.07, 6.45) is 4.45. The molecule has 3 rings (SSSR count). The minimum atomic E-state index is -0.422. The molecular weight excluding hydrogens is 317 g/mol. The highest BCUT2D eigenvalue weighted by atomic mass is 16.7. The lowest BCUT2D eigenvalue weighted by Crippen LogP contribution is -2.41. The smallest absolute Gasteiger partial charge is 0.399 e. The van der Waals surface area contributed by atoms with Crippen LogP contribution in [0.5, 0.6) is 0 Å². The minimum Gasteiger partial charge on any atom is -0.399 e. The van der Waals surface area contributed by atoms with E-state index in [1.807, 2.05) is 52.8 Å². The van der Waals surface area contributed by atoms with Gasteiger partial charge >= 0.3 is 7.12 Å². The number of hydrogen-bond donors (Lipinski definition) is 1. The molecule has 0 bridgehead atoms. The second kappa shape index (κ2) is 6.24. The van der Waals surface area contributed by atoms with Gasteiger partial charge in [-0.1, -0.05) is 6.07 Å². The highest BCUT2D eigenvalue weighted by molar-refractivity contribution is 6.62. The Morgan fingerprint density at radius 2 is 1.80 bits per heavy atom. The van der Waals surface area contributed by atoms with Crippen LogP contribution in [0.2, 0.25) is 0 Å². The average Bonchev–Trinajstić information content (AvgIpc) is 2.76. The summed E-state index contributed by atoms with van der Waals surface area (Å²) in [5, 5.41) is 2.83. The number of carbonyl (C=O) groups excluding carboxylic acids is 1. The lowest BCUT2D eigenvalue weighted by Gasteiger charge is -2.32. The van der Waals surface area contributed by atoms with Crippen molar-refractivity contribution in [1.29, 1.82) is 0 Å². The van der Waals surface area contributed by atoms with Crippen molar-refractivity contribution in [2.75, 3.05) is 5.32 Å². The summed E-state index contributed by atoms with van der Waals surface area (Å²) in [4.78, 5) is 20.1. The molecule has 0 unspecified atom stereocenters. The predicted molar refractivity (Wildman–Crippen MR) is 96.9 cm³/mol. The van der Waals surface area contributed by atoms with Crippen LogP contribution in [0.4, 0.5) is 5.69 Å². The first kappa shape index (κ1) is 17.6. The van der Waals surface area contributed by atoms with Crippen molar-refractivity contribution in [1.82, 2.24) is 9.97 Å². The Morgan fingerprint density at radius 1 is 1.12 bits per heavy atom. The van der Waals surface area contributed by atoms with Gasteiger partial charge in [0, 0.05) is 18.1 Å². The topological polar surface area (TPSA) is 73.3 Å². The molecule has 0 spiro atoms. The number of hydrogen-bond acceptors (Lipinski definition) is 5. The van der Waals surface area contributed by atoms with Gasteiger partial charge in [-0.3, -0.25) is 9.78 Å². The zero-order valence-corrected chi connectivity index (χ0v) is 15.2. The van der Waals surface area contributed by atoms with E-state index in [0.29, 0.717) is 5.69 Å². The van der Waals surface area contributed by atoms with Crippen molar-refractivity contribution in [3.63, 3.8) is 0 Å². The van der Waals surface area contributed by atoms with Crippen LogP contribution in [-0.4, -0.2) is 34.2 Å². The van der Waals surface area contributed by atoms with E-state index >= 15 is 0 Å². The molecule has 25 heavy (non-hydrogen) atoms. The second-order valence-corrected chi connectivity index (χ2v) is 7.20. The molecule has 1 N–H and O–H groups in total. The van der Waals surface area contributed by atoms with Crippen LogP contribution in [0.3, 0.4) is 0 Å². The van der Waals surface area contributed by atoms with Crippen molar-refractivity contribution in [3.8, 4) is 0 Å². The molecule has 1 fully saturated rings. The highest BCUT2D eigenvalue weighted by Gasteiger charge is 2.52. The molecule has 1 aromatic carbocycles. The fourth-order valence-electron chi connectivity index (χ4n) is 2.60. The Bertz CT molecular complexity index is 777. The van der Waals surface area contributed by atoms with Gasteiger partial charge in [0.05, 0.1) is 17.4 Å². The summed E-state index contributed by atoms with van der Waals surface area (Å²) in [7, 11) is -0.422. The summed E-state index contributed by atoms with van der Waals surface area (Å²) in [5.74, 6) is -0.295. The number of benzene rings is 1. The van der Waals surface area contributed by atoms with Crippen LogP contribution < -0.4 is 10.8 Å². The molecule has 1 aliphatic rings. The third kappa shape index (κ3) is 3.43. The first-order valence-corrected chi connectivity index (χ1v) is 8.23. The van der Waals surface area contributed by atoms with Crippen LogP contribution in [0.15, 0.2) is 36.8 Å². The number of rotatable bonds is 3. The average molecular weight is 339 g/mol. The van der Waals surface area contributed by atoms with E-state index in [1.54, 1.807) is 0 Å². The molecule has 2 heterocycles. The number of nitrogens with zero attached hydrogens (tertiary/aromatic N) is 2. The lowest BCUT2D eigenvalue weighted by atomic mass is 9.76. The van der Waals surface area contributed by atoms with Gasteiger partial charge in [0.25, 0.3) is 5.91 Å². The first-order chi connectivity index (χ1) is 11.7. The van der Waals surface area contributed by atoms with Crippen LogP contribution in [0.1, 0.15) is 43.7 Å². The van der Waals surface area contributed by atoms with Crippen molar-refractivity contribution in [3.05, 3.63) is 48.0 Å². The van der Waals surface area contributed by atoms with Gasteiger partial charge in [-0.2, -0.15) is 0 Å². The number of amides is 1. The first-order valence-electron chi connectivity index (χ1n) is 8.23. The summed E-state index contributed by atoms with van der Waals surface area (Å²) in [5.41, 5.74) is 2.13. The van der Waals surface area contributed by atoms with Crippen molar-refractivity contribution < 1.29 is 14.1 Å². The van der Waals surface area contributed by atoms with Crippen molar-refractivity contribution in [2.45, 2.75) is 45.8 Å². The van der Waals surface area contributed by atoms with Gasteiger partial charge < -0.3 is 14.6 Å². The van der Waals surface area contributed by atoms with E-state index in [-0.39, 0.29) is 22.8 Å². The van der Waals surface area contributed by atoms with Gasteiger partial charge in [-0.25, -0.2) is 4.98 Å². The number of carbonyl (C=O) groups is 1. The molecule has 1 amide bonds. The maximum Gasteiger partial charge on any atom is 0.495 e. The van der Waals surface area contributed by atoms with E-state index in [1.165, 1.54) is 18.6 Å². The normalized spacial score (nSPS) is 18.2. The Balaban J connectivity index is 1.77. The molecule has 0 saturated carbocycles. The Kier molecular flexibility index (Phi) is 4.39. The zero-order chi connectivity index (χ0) is 18.2. The van der Waals surface area contributed by atoms with E-state index in [4.69, 9.17) is 9.31 Å². The molecule has 1 aliphatic heterocycles. The SMILES string of the molecule is Cc1cc(NC(=O)c2cnccn2)ccc1B1OC(C)(C)C(C)(C)O1. The summed E-state index contributed by atoms with van der Waals surface area (Å²) >= 11 is 0. The van der Waals surface area contributed by atoms with Crippen LogP contribution in [0.25, 0.3) is 0 Å². The molecule has 6 nitrogen and oxygen atoms in total. The zero-order valence-electron chi connectivity index (χ0n) is 15.2. The monoisotopic (exact) mass is 339 g/mol. The van der Waals surface area contributed by atoms with Gasteiger partial charge in [0.1, 0.15) is 5.69 Å². The maximum absolute atomic E-state index is 12.2. The molecule has 0 atom stereocenters. The largest absolute Gasteiger partial charge is 0.495 e. The van der Waals surface area contributed by atoms with E-state index in [2.05, 4.69) is 15.3 Å². The second-order valence-electron chi connectivity index (χ2n) is 7.20. The van der Waals surface area contributed by atoms with E-state index in [9.17, 15) is 4.79 Å². The number of aromatic nitrogens is 2. The number of anilines is 1. The molecule has 7 heteroatoms. The quantitative estimate of drug-likeness (QED) is 0.869. The summed E-state index contributed by atoms with van der Waals surface area (Å²) < 4.78 is 12.2. The van der Waals surface area contributed by atoms with Crippen LogP contribution >= 0.6 is 0 Å². The van der Waals surface area contributed by atoms with Crippen molar-refractivity contribution in [2.24, 2.45) is 0 Å². The molecule has 1 aromatic heterocycles. The maximum atomic E-state index is 12.2. The molecule has 0 radical (unpaired) electrons. The third-order valence-electron chi connectivity index (χ3n) is 4.83. The Hall–Kier alpha value is -2.25. The Labute approximate surface area is 148 Å². The molecule has 0 aliphatic carbocycles. The van der Waals surface area contributed by atoms with Gasteiger partial charge in [-0.15, -0.1) is 0 Å². The van der Waals surface area contributed by atoms with Gasteiger partial charge in [-0.05, 0) is 57.8 Å². The summed E-state index contributed by atoms with van der Waals surface area (Å²) in [6, 6.07) is 5.65. The standard InChI is InChI=1S/C18H22BN3O3/c1-12-10-13(22-16(23)15-11-20-8-9-21-15)6-7-14(12)19-24-17(2,3)18(4,5)25-19/h6-11H,1-5H3,(H,22,23). The fourth-order valence-corrected chi connectivity index (χ4v) is 2.60. The predicted octanol–water partition coefficient (Wildman–Crippen LogP) is 2.34. The minimum absolute atomic E-state index is 0.273. The van der Waals surface area contributed by atoms with Gasteiger partial charge in [0.2, 0.25) is 0 Å². The number of aryl methyl sites for hydroxylation is 1. The molecule has 130 valence electrons.